The normalized spacial score (nSPS) is 11.1. The maximum absolute atomic E-state index is 9.40. The predicted molar refractivity (Wildman–Crippen MR) is 95.8 cm³/mol. The number of aliphatic imine (C=N–C) groups is 1. The van der Waals surface area contributed by atoms with Gasteiger partial charge in [-0.1, -0.05) is 26.0 Å². The highest BCUT2D eigenvalue weighted by Crippen LogP contribution is 2.11. The van der Waals surface area contributed by atoms with Crippen molar-refractivity contribution in [1.82, 2.24) is 10.6 Å². The number of benzene rings is 1. The monoisotopic (exact) mass is 391 g/mol. The van der Waals surface area contributed by atoms with Crippen LogP contribution in [0.4, 0.5) is 0 Å². The number of hydrogen-bond donors (Lipinski definition) is 3. The van der Waals surface area contributed by atoms with E-state index in [1.165, 1.54) is 0 Å². The van der Waals surface area contributed by atoms with Crippen LogP contribution in [0.15, 0.2) is 29.3 Å². The van der Waals surface area contributed by atoms with Gasteiger partial charge in [-0.15, -0.1) is 24.0 Å². The number of halogens is 1. The van der Waals surface area contributed by atoms with E-state index in [0.717, 1.165) is 31.0 Å². The molecule has 0 atom stereocenters. The molecule has 0 heterocycles. The summed E-state index contributed by atoms with van der Waals surface area (Å²) in [7, 11) is 0. The van der Waals surface area contributed by atoms with Crippen LogP contribution in [-0.2, 0) is 6.54 Å². The molecule has 0 aliphatic rings. The molecule has 0 unspecified atom stereocenters. The summed E-state index contributed by atoms with van der Waals surface area (Å²) in [6.07, 6.45) is 1.12. The van der Waals surface area contributed by atoms with Crippen molar-refractivity contribution in [2.45, 2.75) is 33.7 Å². The number of rotatable bonds is 6. The number of aromatic hydroxyl groups is 1. The van der Waals surface area contributed by atoms with Gasteiger partial charge in [0.1, 0.15) is 5.75 Å². The van der Waals surface area contributed by atoms with Gasteiger partial charge in [-0.05, 0) is 37.0 Å². The summed E-state index contributed by atoms with van der Waals surface area (Å²) in [6.45, 7) is 8.79. The van der Waals surface area contributed by atoms with Gasteiger partial charge < -0.3 is 15.7 Å². The van der Waals surface area contributed by atoms with E-state index in [1.807, 2.05) is 19.1 Å². The molecule has 0 amide bonds. The Morgan fingerprint density at radius 1 is 1.30 bits per heavy atom. The average molecular weight is 391 g/mol. The van der Waals surface area contributed by atoms with E-state index in [9.17, 15) is 5.11 Å². The third-order valence-electron chi connectivity index (χ3n) is 2.69. The van der Waals surface area contributed by atoms with Gasteiger partial charge in [-0.2, -0.15) is 0 Å². The van der Waals surface area contributed by atoms with E-state index < -0.39 is 0 Å². The Morgan fingerprint density at radius 3 is 2.65 bits per heavy atom. The van der Waals surface area contributed by atoms with Gasteiger partial charge in [0, 0.05) is 13.1 Å². The van der Waals surface area contributed by atoms with Crippen LogP contribution in [0.2, 0.25) is 0 Å². The van der Waals surface area contributed by atoms with Crippen LogP contribution >= 0.6 is 24.0 Å². The van der Waals surface area contributed by atoms with Crippen molar-refractivity contribution >= 4 is 29.9 Å². The van der Waals surface area contributed by atoms with Crippen molar-refractivity contribution in [3.63, 3.8) is 0 Å². The van der Waals surface area contributed by atoms with Crippen LogP contribution in [0, 0.1) is 5.92 Å². The fraction of sp³-hybridized carbons (Fsp3) is 0.533. The van der Waals surface area contributed by atoms with Crippen molar-refractivity contribution in [3.05, 3.63) is 29.8 Å². The standard InChI is InChI=1S/C15H25N3O.HI/c1-4-16-15(17-9-8-12(2)3)18-11-13-6-5-7-14(19)10-13;/h5-7,10,12,19H,4,8-9,11H2,1-3H3,(H2,16,17,18);1H. The molecule has 0 radical (unpaired) electrons. The Balaban J connectivity index is 0.00000361. The van der Waals surface area contributed by atoms with Crippen molar-refractivity contribution in [3.8, 4) is 5.75 Å². The second kappa shape index (κ2) is 10.8. The highest BCUT2D eigenvalue weighted by molar-refractivity contribution is 14.0. The van der Waals surface area contributed by atoms with Crippen molar-refractivity contribution < 1.29 is 5.11 Å². The maximum Gasteiger partial charge on any atom is 0.191 e. The van der Waals surface area contributed by atoms with Gasteiger partial charge in [0.2, 0.25) is 0 Å². The smallest absolute Gasteiger partial charge is 0.191 e. The van der Waals surface area contributed by atoms with Crippen LogP contribution in [0.3, 0.4) is 0 Å². The van der Waals surface area contributed by atoms with E-state index in [0.29, 0.717) is 12.5 Å². The van der Waals surface area contributed by atoms with Gasteiger partial charge in [-0.25, -0.2) is 4.99 Å². The molecule has 0 aliphatic carbocycles. The molecule has 0 saturated heterocycles. The molecule has 114 valence electrons. The first kappa shape index (κ1) is 19.0. The summed E-state index contributed by atoms with van der Waals surface area (Å²) in [5, 5.41) is 15.9. The molecular weight excluding hydrogens is 365 g/mol. The fourth-order valence-electron chi connectivity index (χ4n) is 1.65. The minimum Gasteiger partial charge on any atom is -0.508 e. The van der Waals surface area contributed by atoms with Crippen molar-refractivity contribution in [2.24, 2.45) is 10.9 Å². The molecule has 0 spiro atoms. The minimum atomic E-state index is 0. The molecule has 0 aliphatic heterocycles. The fourth-order valence-corrected chi connectivity index (χ4v) is 1.65. The van der Waals surface area contributed by atoms with Gasteiger partial charge in [-0.3, -0.25) is 0 Å². The van der Waals surface area contributed by atoms with E-state index in [1.54, 1.807) is 12.1 Å². The number of phenolic OH excluding ortho intramolecular Hbond substituents is 1. The first-order chi connectivity index (χ1) is 9.11. The third kappa shape index (κ3) is 8.24. The molecule has 1 aromatic rings. The lowest BCUT2D eigenvalue weighted by molar-refractivity contribution is 0.474. The largest absolute Gasteiger partial charge is 0.508 e. The predicted octanol–water partition coefficient (Wildman–Crippen LogP) is 3.11. The van der Waals surface area contributed by atoms with Crippen LogP contribution in [0.25, 0.3) is 0 Å². The number of nitrogens with zero attached hydrogens (tertiary/aromatic N) is 1. The Bertz CT molecular complexity index is 408. The first-order valence-corrected chi connectivity index (χ1v) is 6.92. The van der Waals surface area contributed by atoms with E-state index in [-0.39, 0.29) is 29.7 Å². The molecule has 1 aromatic carbocycles. The Morgan fingerprint density at radius 2 is 2.05 bits per heavy atom. The Kier molecular flexibility index (Phi) is 10.2. The van der Waals surface area contributed by atoms with Crippen LogP contribution in [0.5, 0.6) is 5.75 Å². The lowest BCUT2D eigenvalue weighted by Gasteiger charge is -2.12. The summed E-state index contributed by atoms with van der Waals surface area (Å²) in [4.78, 5) is 4.50. The molecule has 3 N–H and O–H groups in total. The van der Waals surface area contributed by atoms with Crippen molar-refractivity contribution in [1.29, 1.82) is 0 Å². The van der Waals surface area contributed by atoms with E-state index in [2.05, 4.69) is 29.5 Å². The van der Waals surface area contributed by atoms with Crippen molar-refractivity contribution in [2.75, 3.05) is 13.1 Å². The summed E-state index contributed by atoms with van der Waals surface area (Å²) in [5.41, 5.74) is 1.00. The molecule has 0 bridgehead atoms. The van der Waals surface area contributed by atoms with Gasteiger partial charge in [0.05, 0.1) is 6.54 Å². The molecule has 0 aromatic heterocycles. The van der Waals surface area contributed by atoms with Gasteiger partial charge >= 0.3 is 0 Å². The maximum atomic E-state index is 9.40. The molecule has 20 heavy (non-hydrogen) atoms. The lowest BCUT2D eigenvalue weighted by atomic mass is 10.1. The molecule has 0 fully saturated rings. The Labute approximate surface area is 139 Å². The van der Waals surface area contributed by atoms with Gasteiger partial charge in [0.25, 0.3) is 0 Å². The zero-order valence-electron chi connectivity index (χ0n) is 12.5. The summed E-state index contributed by atoms with van der Waals surface area (Å²) in [6, 6.07) is 7.20. The zero-order valence-corrected chi connectivity index (χ0v) is 14.8. The zero-order chi connectivity index (χ0) is 14.1. The van der Waals surface area contributed by atoms with E-state index >= 15 is 0 Å². The second-order valence-corrected chi connectivity index (χ2v) is 4.97. The second-order valence-electron chi connectivity index (χ2n) is 4.97. The molecule has 5 heteroatoms. The molecule has 4 nitrogen and oxygen atoms in total. The van der Waals surface area contributed by atoms with Crippen LogP contribution in [0.1, 0.15) is 32.8 Å². The quantitative estimate of drug-likeness (QED) is 0.397. The first-order valence-electron chi connectivity index (χ1n) is 6.92. The summed E-state index contributed by atoms with van der Waals surface area (Å²) in [5.74, 6) is 1.79. The molecule has 1 rings (SSSR count). The lowest BCUT2D eigenvalue weighted by Crippen LogP contribution is -2.38. The van der Waals surface area contributed by atoms with E-state index in [4.69, 9.17) is 0 Å². The molecule has 0 saturated carbocycles. The number of guanidine groups is 1. The highest BCUT2D eigenvalue weighted by atomic mass is 127. The van der Waals surface area contributed by atoms with Crippen LogP contribution < -0.4 is 10.6 Å². The highest BCUT2D eigenvalue weighted by Gasteiger charge is 1.99. The van der Waals surface area contributed by atoms with Gasteiger partial charge in [0.15, 0.2) is 5.96 Å². The third-order valence-corrected chi connectivity index (χ3v) is 2.69. The number of hydrogen-bond acceptors (Lipinski definition) is 2. The summed E-state index contributed by atoms with van der Waals surface area (Å²) >= 11 is 0. The molecular formula is C15H26IN3O. The minimum absolute atomic E-state index is 0. The van der Waals surface area contributed by atoms with Crippen LogP contribution in [-0.4, -0.2) is 24.2 Å². The number of nitrogens with one attached hydrogen (secondary N) is 2. The average Bonchev–Trinajstić information content (AvgIpc) is 2.35. The summed E-state index contributed by atoms with van der Waals surface area (Å²) < 4.78 is 0. The topological polar surface area (TPSA) is 56.7 Å². The SMILES string of the molecule is CCNC(=NCc1cccc(O)c1)NCCC(C)C.I. The number of phenols is 1. The Hall–Kier alpha value is -0.980.